The molecule has 2 N–H and O–H groups in total. The zero-order valence-corrected chi connectivity index (χ0v) is 12.4. The van der Waals surface area contributed by atoms with E-state index in [1.165, 1.54) is 18.5 Å². The quantitative estimate of drug-likeness (QED) is 0.930. The van der Waals surface area contributed by atoms with Crippen LogP contribution in [0.2, 0.25) is 0 Å². The highest BCUT2D eigenvalue weighted by Gasteiger charge is 2.26. The van der Waals surface area contributed by atoms with E-state index in [1.807, 2.05) is 6.07 Å². The molecule has 0 aromatic carbocycles. The lowest BCUT2D eigenvalue weighted by molar-refractivity contribution is 0.568. The Balaban J connectivity index is 2.00. The fourth-order valence-corrected chi connectivity index (χ4v) is 3.14. The molecular formula is C16H24N4. The first-order valence-corrected chi connectivity index (χ1v) is 7.65. The van der Waals surface area contributed by atoms with Crippen molar-refractivity contribution >= 4 is 11.5 Å². The third kappa shape index (κ3) is 2.40. The second-order valence-electron chi connectivity index (χ2n) is 6.00. The van der Waals surface area contributed by atoms with E-state index >= 15 is 0 Å². The van der Waals surface area contributed by atoms with E-state index in [9.17, 15) is 0 Å². The first-order chi connectivity index (χ1) is 9.69. The summed E-state index contributed by atoms with van der Waals surface area (Å²) in [5.74, 6) is 1.95. The van der Waals surface area contributed by atoms with Crippen molar-refractivity contribution in [3.8, 4) is 0 Å². The monoisotopic (exact) mass is 272 g/mol. The summed E-state index contributed by atoms with van der Waals surface area (Å²) >= 11 is 0. The maximum Gasteiger partial charge on any atom is 0.151 e. The number of nitrogens with two attached hydrogens (primary N) is 1. The second-order valence-corrected chi connectivity index (χ2v) is 6.00. The van der Waals surface area contributed by atoms with Crippen LogP contribution in [0, 0.1) is 5.92 Å². The molecule has 0 radical (unpaired) electrons. The highest BCUT2D eigenvalue weighted by molar-refractivity contribution is 5.56. The molecule has 0 amide bonds. The van der Waals surface area contributed by atoms with Crippen molar-refractivity contribution in [2.75, 3.05) is 18.0 Å². The van der Waals surface area contributed by atoms with Crippen molar-refractivity contribution in [2.45, 2.75) is 39.2 Å². The lowest BCUT2D eigenvalue weighted by Crippen LogP contribution is -2.24. The number of hydrogen-bond donors (Lipinski definition) is 1. The zero-order chi connectivity index (χ0) is 14.1. The van der Waals surface area contributed by atoms with Crippen LogP contribution in [0.4, 0.5) is 5.82 Å². The Bertz CT molecular complexity index is 587. The van der Waals surface area contributed by atoms with Crippen LogP contribution in [0.5, 0.6) is 0 Å². The molecule has 0 bridgehead atoms. The van der Waals surface area contributed by atoms with Gasteiger partial charge in [-0.25, -0.2) is 4.98 Å². The summed E-state index contributed by atoms with van der Waals surface area (Å²) in [4.78, 5) is 7.29. The Morgan fingerprint density at radius 1 is 1.45 bits per heavy atom. The molecule has 2 unspecified atom stereocenters. The molecule has 0 spiro atoms. The topological polar surface area (TPSA) is 46.6 Å². The average Bonchev–Trinajstić information content (AvgIpc) is 3.03. The van der Waals surface area contributed by atoms with Gasteiger partial charge in [-0.05, 0) is 31.4 Å². The summed E-state index contributed by atoms with van der Waals surface area (Å²) in [5, 5.41) is 0. The zero-order valence-electron chi connectivity index (χ0n) is 12.4. The van der Waals surface area contributed by atoms with E-state index in [0.717, 1.165) is 36.9 Å². The molecule has 1 aliphatic heterocycles. The molecule has 2 aromatic rings. The summed E-state index contributed by atoms with van der Waals surface area (Å²) in [7, 11) is 0. The SMILES string of the molecule is CCC1CCN(c2nc3ccccn3c2CC(C)N)C1. The van der Waals surface area contributed by atoms with Crippen molar-refractivity contribution in [1.82, 2.24) is 9.38 Å². The van der Waals surface area contributed by atoms with E-state index in [1.54, 1.807) is 0 Å². The van der Waals surface area contributed by atoms with Crippen LogP contribution >= 0.6 is 0 Å². The van der Waals surface area contributed by atoms with Crippen LogP contribution in [0.3, 0.4) is 0 Å². The van der Waals surface area contributed by atoms with Crippen LogP contribution in [0.1, 0.15) is 32.4 Å². The number of anilines is 1. The molecule has 3 heterocycles. The second kappa shape index (κ2) is 5.44. The van der Waals surface area contributed by atoms with Gasteiger partial charge in [-0.1, -0.05) is 19.4 Å². The summed E-state index contributed by atoms with van der Waals surface area (Å²) in [6, 6.07) is 6.32. The molecule has 20 heavy (non-hydrogen) atoms. The average molecular weight is 272 g/mol. The third-order valence-corrected chi connectivity index (χ3v) is 4.29. The van der Waals surface area contributed by atoms with Crippen molar-refractivity contribution in [1.29, 1.82) is 0 Å². The number of imidazole rings is 1. The van der Waals surface area contributed by atoms with Gasteiger partial charge in [0, 0.05) is 31.7 Å². The molecule has 3 rings (SSSR count). The van der Waals surface area contributed by atoms with Gasteiger partial charge in [0.05, 0.1) is 5.69 Å². The number of nitrogens with zero attached hydrogens (tertiary/aromatic N) is 3. The minimum absolute atomic E-state index is 0.151. The molecule has 0 saturated carbocycles. The molecule has 4 nitrogen and oxygen atoms in total. The number of hydrogen-bond acceptors (Lipinski definition) is 3. The summed E-state index contributed by atoms with van der Waals surface area (Å²) in [6.07, 6.45) is 5.50. The molecule has 1 fully saturated rings. The minimum Gasteiger partial charge on any atom is -0.355 e. The number of pyridine rings is 1. The van der Waals surface area contributed by atoms with Gasteiger partial charge < -0.3 is 15.0 Å². The number of rotatable bonds is 4. The van der Waals surface area contributed by atoms with Crippen molar-refractivity contribution < 1.29 is 0 Å². The largest absolute Gasteiger partial charge is 0.355 e. The Labute approximate surface area is 120 Å². The Hall–Kier alpha value is -1.55. The van der Waals surface area contributed by atoms with Crippen LogP contribution in [0.25, 0.3) is 5.65 Å². The lowest BCUT2D eigenvalue weighted by Gasteiger charge is -2.18. The van der Waals surface area contributed by atoms with Gasteiger partial charge in [0.2, 0.25) is 0 Å². The number of aromatic nitrogens is 2. The molecule has 4 heteroatoms. The molecule has 1 saturated heterocycles. The Kier molecular flexibility index (Phi) is 3.66. The van der Waals surface area contributed by atoms with Gasteiger partial charge in [-0.15, -0.1) is 0 Å². The fraction of sp³-hybridized carbons (Fsp3) is 0.562. The van der Waals surface area contributed by atoms with Crippen LogP contribution in [-0.4, -0.2) is 28.5 Å². The molecule has 0 aliphatic carbocycles. The molecule has 108 valence electrons. The van der Waals surface area contributed by atoms with Gasteiger partial charge >= 0.3 is 0 Å². The summed E-state index contributed by atoms with van der Waals surface area (Å²) < 4.78 is 2.19. The van der Waals surface area contributed by atoms with E-state index in [0.29, 0.717) is 0 Å². The molecule has 2 atom stereocenters. The van der Waals surface area contributed by atoms with Gasteiger partial charge in [0.25, 0.3) is 0 Å². The van der Waals surface area contributed by atoms with E-state index in [-0.39, 0.29) is 6.04 Å². The maximum atomic E-state index is 6.04. The Morgan fingerprint density at radius 3 is 3.00 bits per heavy atom. The van der Waals surface area contributed by atoms with Crippen molar-refractivity contribution in [3.63, 3.8) is 0 Å². The van der Waals surface area contributed by atoms with E-state index in [2.05, 4.69) is 41.5 Å². The van der Waals surface area contributed by atoms with Crippen LogP contribution in [0.15, 0.2) is 24.4 Å². The first-order valence-electron chi connectivity index (χ1n) is 7.65. The van der Waals surface area contributed by atoms with Crippen LogP contribution < -0.4 is 10.6 Å². The predicted octanol–water partition coefficient (Wildman–Crippen LogP) is 2.46. The van der Waals surface area contributed by atoms with Gasteiger partial charge in [-0.2, -0.15) is 0 Å². The van der Waals surface area contributed by atoms with Crippen molar-refractivity contribution in [2.24, 2.45) is 11.7 Å². The van der Waals surface area contributed by atoms with E-state index in [4.69, 9.17) is 10.7 Å². The third-order valence-electron chi connectivity index (χ3n) is 4.29. The summed E-state index contributed by atoms with van der Waals surface area (Å²) in [6.45, 7) is 6.59. The minimum atomic E-state index is 0.151. The first kappa shape index (κ1) is 13.4. The van der Waals surface area contributed by atoms with Gasteiger partial charge in [0.1, 0.15) is 5.65 Å². The van der Waals surface area contributed by atoms with Crippen LogP contribution in [-0.2, 0) is 6.42 Å². The van der Waals surface area contributed by atoms with Gasteiger partial charge in [-0.3, -0.25) is 0 Å². The van der Waals surface area contributed by atoms with Crippen molar-refractivity contribution in [3.05, 3.63) is 30.1 Å². The molecular weight excluding hydrogens is 248 g/mol. The highest BCUT2D eigenvalue weighted by Crippen LogP contribution is 2.29. The predicted molar refractivity (Wildman–Crippen MR) is 83.2 cm³/mol. The van der Waals surface area contributed by atoms with Gasteiger partial charge in [0.15, 0.2) is 5.82 Å². The standard InChI is InChI=1S/C16H24N4/c1-3-13-7-9-19(11-13)16-14(10-12(2)17)20-8-5-4-6-15(20)18-16/h4-6,8,12-13H,3,7,9-11,17H2,1-2H3. The summed E-state index contributed by atoms with van der Waals surface area (Å²) in [5.41, 5.74) is 8.32. The fourth-order valence-electron chi connectivity index (χ4n) is 3.14. The maximum absolute atomic E-state index is 6.04. The smallest absolute Gasteiger partial charge is 0.151 e. The molecule has 2 aromatic heterocycles. The molecule has 1 aliphatic rings. The highest BCUT2D eigenvalue weighted by atomic mass is 15.2. The normalized spacial score (nSPS) is 20.8. The Morgan fingerprint density at radius 2 is 2.30 bits per heavy atom. The number of fused-ring (bicyclic) bond motifs is 1. The van der Waals surface area contributed by atoms with E-state index < -0.39 is 0 Å². The lowest BCUT2D eigenvalue weighted by atomic mass is 10.1.